The van der Waals surface area contributed by atoms with Crippen LogP contribution in [0.2, 0.25) is 0 Å². The zero-order valence-electron chi connectivity index (χ0n) is 11.5. The van der Waals surface area contributed by atoms with Crippen molar-refractivity contribution in [1.29, 1.82) is 0 Å². The molecule has 0 unspecified atom stereocenters. The molecule has 20 heavy (non-hydrogen) atoms. The van der Waals surface area contributed by atoms with Gasteiger partial charge in [0.05, 0.1) is 20.8 Å². The Balaban J connectivity index is 1.92. The number of tetrazole rings is 1. The van der Waals surface area contributed by atoms with E-state index in [1.54, 1.807) is 18.9 Å². The summed E-state index contributed by atoms with van der Waals surface area (Å²) in [5.74, 6) is 2.19. The number of nitrogens with one attached hydrogen (secondary N) is 1. The maximum absolute atomic E-state index is 5.37. The molecule has 1 N–H and O–H groups in total. The van der Waals surface area contributed by atoms with Gasteiger partial charge in [0, 0.05) is 12.1 Å². The Labute approximate surface area is 116 Å². The normalized spacial score (nSPS) is 14.3. The largest absolute Gasteiger partial charge is 0.497 e. The molecule has 1 aromatic carbocycles. The lowest BCUT2D eigenvalue weighted by Crippen LogP contribution is -2.19. The van der Waals surface area contributed by atoms with Crippen LogP contribution in [0.3, 0.4) is 0 Å². The summed E-state index contributed by atoms with van der Waals surface area (Å²) in [7, 11) is 3.25. The van der Waals surface area contributed by atoms with Gasteiger partial charge in [0.15, 0.2) is 5.82 Å². The Morgan fingerprint density at radius 2 is 2.15 bits per heavy atom. The van der Waals surface area contributed by atoms with Crippen LogP contribution < -0.4 is 14.8 Å². The summed E-state index contributed by atoms with van der Waals surface area (Å²) in [6, 6.07) is 6.14. The topological polar surface area (TPSA) is 74.1 Å². The van der Waals surface area contributed by atoms with E-state index in [2.05, 4.69) is 20.8 Å². The van der Waals surface area contributed by atoms with Gasteiger partial charge in [0.2, 0.25) is 0 Å². The molecule has 1 aliphatic carbocycles. The van der Waals surface area contributed by atoms with Crippen molar-refractivity contribution < 1.29 is 9.47 Å². The molecular formula is C13H17N5O2. The first-order valence-electron chi connectivity index (χ1n) is 6.55. The summed E-state index contributed by atoms with van der Waals surface area (Å²) in [6.07, 6.45) is 2.45. The standard InChI is InChI=1S/C13H17N5O2/c1-19-10-5-6-12(20-2)11(7-10)18-13(15-16-17-18)8-14-9-3-4-9/h5-7,9,14H,3-4,8H2,1-2H3. The quantitative estimate of drug-likeness (QED) is 0.845. The first kappa shape index (κ1) is 12.9. The van der Waals surface area contributed by atoms with Gasteiger partial charge in [-0.1, -0.05) is 0 Å². The van der Waals surface area contributed by atoms with Crippen LogP contribution in [0.4, 0.5) is 0 Å². The highest BCUT2D eigenvalue weighted by Crippen LogP contribution is 2.27. The van der Waals surface area contributed by atoms with E-state index in [1.165, 1.54) is 12.8 Å². The molecule has 1 fully saturated rings. The molecular weight excluding hydrogens is 258 g/mol. The summed E-state index contributed by atoms with van der Waals surface area (Å²) in [5.41, 5.74) is 0.768. The first-order chi connectivity index (χ1) is 9.81. The number of nitrogens with zero attached hydrogens (tertiary/aromatic N) is 4. The minimum Gasteiger partial charge on any atom is -0.497 e. The van der Waals surface area contributed by atoms with Crippen molar-refractivity contribution in [3.63, 3.8) is 0 Å². The minimum absolute atomic E-state index is 0.604. The Bertz CT molecular complexity index is 594. The van der Waals surface area contributed by atoms with E-state index in [1.807, 2.05) is 18.2 Å². The van der Waals surface area contributed by atoms with Gasteiger partial charge in [0.1, 0.15) is 17.2 Å². The van der Waals surface area contributed by atoms with E-state index in [9.17, 15) is 0 Å². The molecule has 0 amide bonds. The summed E-state index contributed by atoms with van der Waals surface area (Å²) in [6.45, 7) is 0.637. The lowest BCUT2D eigenvalue weighted by Gasteiger charge is -2.11. The molecule has 106 valence electrons. The average molecular weight is 275 g/mol. The van der Waals surface area contributed by atoms with Crippen molar-refractivity contribution in [2.24, 2.45) is 0 Å². The first-order valence-corrected chi connectivity index (χ1v) is 6.55. The second-order valence-corrected chi connectivity index (χ2v) is 4.70. The molecule has 1 aliphatic rings. The third-order valence-corrected chi connectivity index (χ3v) is 3.27. The average Bonchev–Trinajstić information content (AvgIpc) is 3.21. The highest BCUT2D eigenvalue weighted by Gasteiger charge is 2.22. The van der Waals surface area contributed by atoms with Crippen molar-refractivity contribution in [3.05, 3.63) is 24.0 Å². The number of methoxy groups -OCH3 is 2. The van der Waals surface area contributed by atoms with Crippen molar-refractivity contribution in [1.82, 2.24) is 25.5 Å². The molecule has 1 saturated carbocycles. The molecule has 0 aliphatic heterocycles. The van der Waals surface area contributed by atoms with Gasteiger partial charge in [-0.15, -0.1) is 5.10 Å². The number of rotatable bonds is 6. The van der Waals surface area contributed by atoms with Crippen LogP contribution >= 0.6 is 0 Å². The molecule has 0 spiro atoms. The van der Waals surface area contributed by atoms with Crippen LogP contribution in [0, 0.1) is 0 Å². The fourth-order valence-electron chi connectivity index (χ4n) is 1.99. The maximum atomic E-state index is 5.37. The van der Waals surface area contributed by atoms with Crippen LogP contribution in [0.5, 0.6) is 11.5 Å². The molecule has 1 heterocycles. The lowest BCUT2D eigenvalue weighted by molar-refractivity contribution is 0.399. The molecule has 7 nitrogen and oxygen atoms in total. The Kier molecular flexibility index (Phi) is 3.51. The summed E-state index contributed by atoms with van der Waals surface area (Å²) in [4.78, 5) is 0. The summed E-state index contributed by atoms with van der Waals surface area (Å²) < 4.78 is 12.3. The number of ether oxygens (including phenoxy) is 2. The van der Waals surface area contributed by atoms with E-state index in [0.29, 0.717) is 18.3 Å². The van der Waals surface area contributed by atoms with Crippen molar-refractivity contribution in [2.45, 2.75) is 25.4 Å². The monoisotopic (exact) mass is 275 g/mol. The highest BCUT2D eigenvalue weighted by atomic mass is 16.5. The van der Waals surface area contributed by atoms with Gasteiger partial charge in [-0.25, -0.2) is 0 Å². The number of hydrogen-bond donors (Lipinski definition) is 1. The molecule has 0 radical (unpaired) electrons. The van der Waals surface area contributed by atoms with E-state index in [0.717, 1.165) is 17.3 Å². The van der Waals surface area contributed by atoms with E-state index < -0.39 is 0 Å². The predicted molar refractivity (Wildman–Crippen MR) is 72.1 cm³/mol. The highest BCUT2D eigenvalue weighted by molar-refractivity contribution is 5.51. The molecule has 1 aromatic heterocycles. The zero-order valence-corrected chi connectivity index (χ0v) is 11.5. The Hall–Kier alpha value is -2.15. The van der Waals surface area contributed by atoms with Gasteiger partial charge in [-0.3, -0.25) is 0 Å². The van der Waals surface area contributed by atoms with Gasteiger partial charge in [-0.05, 0) is 35.4 Å². The third kappa shape index (κ3) is 2.57. The second-order valence-electron chi connectivity index (χ2n) is 4.70. The molecule has 0 bridgehead atoms. The predicted octanol–water partition coefficient (Wildman–Crippen LogP) is 0.931. The van der Waals surface area contributed by atoms with Gasteiger partial charge < -0.3 is 14.8 Å². The lowest BCUT2D eigenvalue weighted by atomic mass is 10.2. The number of hydrogen-bond acceptors (Lipinski definition) is 6. The smallest absolute Gasteiger partial charge is 0.170 e. The van der Waals surface area contributed by atoms with E-state index in [-0.39, 0.29) is 0 Å². The molecule has 0 saturated heterocycles. The van der Waals surface area contributed by atoms with E-state index >= 15 is 0 Å². The summed E-state index contributed by atoms with van der Waals surface area (Å²) >= 11 is 0. The fourth-order valence-corrected chi connectivity index (χ4v) is 1.99. The van der Waals surface area contributed by atoms with Crippen molar-refractivity contribution >= 4 is 0 Å². The van der Waals surface area contributed by atoms with Gasteiger partial charge in [-0.2, -0.15) is 4.68 Å². The maximum Gasteiger partial charge on any atom is 0.170 e. The molecule has 7 heteroatoms. The number of aromatic nitrogens is 4. The van der Waals surface area contributed by atoms with Crippen LogP contribution in [-0.4, -0.2) is 40.5 Å². The van der Waals surface area contributed by atoms with Crippen molar-refractivity contribution in [3.8, 4) is 17.2 Å². The van der Waals surface area contributed by atoms with Gasteiger partial charge in [0.25, 0.3) is 0 Å². The number of benzene rings is 1. The molecule has 3 rings (SSSR count). The SMILES string of the molecule is COc1ccc(OC)c(-n2nnnc2CNC2CC2)c1. The minimum atomic E-state index is 0.604. The second kappa shape index (κ2) is 5.46. The third-order valence-electron chi connectivity index (χ3n) is 3.27. The van der Waals surface area contributed by atoms with Crippen LogP contribution in [-0.2, 0) is 6.54 Å². The van der Waals surface area contributed by atoms with Crippen molar-refractivity contribution in [2.75, 3.05) is 14.2 Å². The molecule has 2 aromatic rings. The van der Waals surface area contributed by atoms with Crippen LogP contribution in [0.15, 0.2) is 18.2 Å². The van der Waals surface area contributed by atoms with Crippen LogP contribution in [0.1, 0.15) is 18.7 Å². The Morgan fingerprint density at radius 1 is 1.30 bits per heavy atom. The summed E-state index contributed by atoms with van der Waals surface area (Å²) in [5, 5.41) is 15.3. The van der Waals surface area contributed by atoms with Gasteiger partial charge >= 0.3 is 0 Å². The Morgan fingerprint density at radius 3 is 2.85 bits per heavy atom. The zero-order chi connectivity index (χ0) is 13.9. The van der Waals surface area contributed by atoms with Crippen LogP contribution in [0.25, 0.3) is 5.69 Å². The van der Waals surface area contributed by atoms with E-state index in [4.69, 9.17) is 9.47 Å². The molecule has 0 atom stereocenters. The fraction of sp³-hybridized carbons (Fsp3) is 0.462.